The predicted molar refractivity (Wildman–Crippen MR) is 102 cm³/mol. The van der Waals surface area contributed by atoms with Crippen molar-refractivity contribution in [1.82, 2.24) is 9.97 Å². The summed E-state index contributed by atoms with van der Waals surface area (Å²) in [4.78, 5) is 23.2. The van der Waals surface area contributed by atoms with Gasteiger partial charge in [0, 0.05) is 18.7 Å². The van der Waals surface area contributed by atoms with Gasteiger partial charge in [-0.05, 0) is 19.9 Å². The van der Waals surface area contributed by atoms with Crippen LogP contribution in [0.25, 0.3) is 21.6 Å². The number of benzene rings is 1. The molecule has 0 unspecified atom stereocenters. The Bertz CT molecular complexity index is 969. The molecule has 134 valence electrons. The lowest BCUT2D eigenvalue weighted by molar-refractivity contribution is -0.0276. The molecule has 3 aromatic rings. The summed E-state index contributed by atoms with van der Waals surface area (Å²) in [5.41, 5.74) is 1.96. The van der Waals surface area contributed by atoms with Gasteiger partial charge in [0.25, 0.3) is 0 Å². The number of pyridine rings is 1. The first kappa shape index (κ1) is 16.9. The molecule has 1 saturated heterocycles. The molecule has 0 saturated carbocycles. The first-order chi connectivity index (χ1) is 12.4. The lowest BCUT2D eigenvalue weighted by Gasteiger charge is -2.37. The summed E-state index contributed by atoms with van der Waals surface area (Å²) in [6, 6.07) is 11.2. The highest BCUT2D eigenvalue weighted by Gasteiger charge is 2.29. The highest BCUT2D eigenvalue weighted by molar-refractivity contribution is 7.22. The van der Waals surface area contributed by atoms with Crippen molar-refractivity contribution in [3.63, 3.8) is 0 Å². The third-order valence-electron chi connectivity index (χ3n) is 4.35. The number of anilines is 1. The molecule has 2 aromatic heterocycles. The van der Waals surface area contributed by atoms with Crippen molar-refractivity contribution >= 4 is 32.8 Å². The topological polar surface area (TPSA) is 75.6 Å². The molecule has 1 aliphatic rings. The van der Waals surface area contributed by atoms with Crippen molar-refractivity contribution in [3.05, 3.63) is 42.0 Å². The quantitative estimate of drug-likeness (QED) is 0.759. The van der Waals surface area contributed by atoms with Gasteiger partial charge >= 0.3 is 5.97 Å². The Morgan fingerprint density at radius 2 is 2.04 bits per heavy atom. The van der Waals surface area contributed by atoms with Gasteiger partial charge in [0.05, 0.1) is 28.2 Å². The fourth-order valence-electron chi connectivity index (χ4n) is 3.13. The third kappa shape index (κ3) is 3.15. The van der Waals surface area contributed by atoms with E-state index in [2.05, 4.69) is 14.9 Å². The number of carbonyl (C=O) groups is 1. The molecule has 0 radical (unpaired) electrons. The Hall–Kier alpha value is -2.51. The van der Waals surface area contributed by atoms with E-state index in [1.165, 1.54) is 11.3 Å². The molecule has 1 aromatic carbocycles. The van der Waals surface area contributed by atoms with Crippen LogP contribution in [0.3, 0.4) is 0 Å². The number of thiazole rings is 1. The van der Waals surface area contributed by atoms with Crippen molar-refractivity contribution in [2.24, 2.45) is 0 Å². The number of carboxylic acid groups (broad SMARTS) is 1. The number of nitrogens with zero attached hydrogens (tertiary/aromatic N) is 3. The van der Waals surface area contributed by atoms with Gasteiger partial charge in [-0.15, -0.1) is 0 Å². The molecular weight excluding hydrogens is 350 g/mol. The Morgan fingerprint density at radius 1 is 1.27 bits per heavy atom. The van der Waals surface area contributed by atoms with Crippen LogP contribution in [0.4, 0.5) is 5.13 Å². The Balaban J connectivity index is 1.82. The largest absolute Gasteiger partial charge is 0.478 e. The van der Waals surface area contributed by atoms with Gasteiger partial charge in [-0.3, -0.25) is 0 Å². The minimum absolute atomic E-state index is 0.241. The molecule has 0 bridgehead atoms. The molecule has 4 rings (SSSR count). The molecule has 0 atom stereocenters. The van der Waals surface area contributed by atoms with E-state index in [0.29, 0.717) is 29.2 Å². The number of hydrogen-bond acceptors (Lipinski definition) is 6. The lowest BCUT2D eigenvalue weighted by Crippen LogP contribution is -2.48. The average Bonchev–Trinajstić information content (AvgIpc) is 3.04. The molecule has 7 heteroatoms. The van der Waals surface area contributed by atoms with Crippen LogP contribution in [0.15, 0.2) is 36.4 Å². The summed E-state index contributed by atoms with van der Waals surface area (Å²) in [7, 11) is 0. The third-order valence-corrected chi connectivity index (χ3v) is 5.48. The smallest absolute Gasteiger partial charge is 0.337 e. The molecule has 1 aliphatic heterocycles. The van der Waals surface area contributed by atoms with Gasteiger partial charge in [-0.2, -0.15) is 4.98 Å². The normalized spacial score (nSPS) is 16.8. The Morgan fingerprint density at radius 3 is 2.73 bits per heavy atom. The maximum atomic E-state index is 11.8. The van der Waals surface area contributed by atoms with Crippen LogP contribution in [0.2, 0.25) is 0 Å². The van der Waals surface area contributed by atoms with Crippen molar-refractivity contribution in [3.8, 4) is 11.3 Å². The maximum absolute atomic E-state index is 11.8. The van der Waals surface area contributed by atoms with Crippen molar-refractivity contribution in [1.29, 1.82) is 0 Å². The zero-order valence-corrected chi connectivity index (χ0v) is 15.4. The standard InChI is InChI=1S/C19H19N3O3S/c1-19(2)11-22(8-9-25-19)18-21-16-15(26-18)13(17(23)24)10-14(20-16)12-6-4-3-5-7-12/h3-7,10H,8-9,11H2,1-2H3,(H,23,24). The molecule has 26 heavy (non-hydrogen) atoms. The van der Waals surface area contributed by atoms with E-state index in [-0.39, 0.29) is 11.2 Å². The number of aromatic carboxylic acids is 1. The summed E-state index contributed by atoms with van der Waals surface area (Å²) < 4.78 is 6.36. The van der Waals surface area contributed by atoms with E-state index >= 15 is 0 Å². The first-order valence-corrected chi connectivity index (χ1v) is 9.24. The first-order valence-electron chi connectivity index (χ1n) is 8.42. The minimum Gasteiger partial charge on any atom is -0.478 e. The van der Waals surface area contributed by atoms with E-state index in [1.54, 1.807) is 6.07 Å². The number of fused-ring (bicyclic) bond motifs is 1. The van der Waals surface area contributed by atoms with Crippen LogP contribution in [0, 0.1) is 0 Å². The fraction of sp³-hybridized carbons (Fsp3) is 0.316. The van der Waals surface area contributed by atoms with Crippen LogP contribution in [-0.2, 0) is 4.74 Å². The number of aromatic nitrogens is 2. The summed E-state index contributed by atoms with van der Waals surface area (Å²) >= 11 is 1.38. The number of ether oxygens (including phenoxy) is 1. The molecule has 0 spiro atoms. The summed E-state index contributed by atoms with van der Waals surface area (Å²) in [5, 5.41) is 10.5. The minimum atomic E-state index is -0.966. The highest BCUT2D eigenvalue weighted by Crippen LogP contribution is 2.34. The second-order valence-corrected chi connectivity index (χ2v) is 7.88. The maximum Gasteiger partial charge on any atom is 0.337 e. The van der Waals surface area contributed by atoms with Crippen LogP contribution in [0.5, 0.6) is 0 Å². The molecule has 6 nitrogen and oxygen atoms in total. The van der Waals surface area contributed by atoms with Gasteiger partial charge < -0.3 is 14.7 Å². The summed E-state index contributed by atoms with van der Waals surface area (Å²) in [6.45, 7) is 6.15. The summed E-state index contributed by atoms with van der Waals surface area (Å²) in [6.07, 6.45) is 0. The van der Waals surface area contributed by atoms with Crippen LogP contribution < -0.4 is 4.90 Å². The van der Waals surface area contributed by atoms with Crippen molar-refractivity contribution < 1.29 is 14.6 Å². The van der Waals surface area contributed by atoms with Crippen LogP contribution in [-0.4, -0.2) is 46.3 Å². The number of hydrogen-bond donors (Lipinski definition) is 1. The van der Waals surface area contributed by atoms with E-state index in [0.717, 1.165) is 17.2 Å². The molecule has 0 aliphatic carbocycles. The van der Waals surface area contributed by atoms with Crippen molar-refractivity contribution in [2.45, 2.75) is 19.4 Å². The van der Waals surface area contributed by atoms with Crippen molar-refractivity contribution in [2.75, 3.05) is 24.6 Å². The predicted octanol–water partition coefficient (Wildman–Crippen LogP) is 3.67. The number of morpholine rings is 1. The van der Waals surface area contributed by atoms with E-state index < -0.39 is 5.97 Å². The van der Waals surface area contributed by atoms with Gasteiger partial charge in [0.15, 0.2) is 10.8 Å². The lowest BCUT2D eigenvalue weighted by atomic mass is 10.1. The Labute approximate surface area is 155 Å². The summed E-state index contributed by atoms with van der Waals surface area (Å²) in [5.74, 6) is -0.966. The second kappa shape index (κ2) is 6.34. The zero-order chi connectivity index (χ0) is 18.3. The van der Waals surface area contributed by atoms with Gasteiger partial charge in [-0.1, -0.05) is 41.7 Å². The molecular formula is C19H19N3O3S. The fourth-order valence-corrected chi connectivity index (χ4v) is 4.17. The van der Waals surface area contributed by atoms with E-state index in [1.807, 2.05) is 44.2 Å². The average molecular weight is 369 g/mol. The van der Waals surface area contributed by atoms with E-state index in [9.17, 15) is 9.90 Å². The molecule has 1 fully saturated rings. The molecule has 0 amide bonds. The van der Waals surface area contributed by atoms with Gasteiger partial charge in [-0.25, -0.2) is 9.78 Å². The van der Waals surface area contributed by atoms with Crippen LogP contribution in [0.1, 0.15) is 24.2 Å². The molecule has 3 heterocycles. The SMILES string of the molecule is CC1(C)CN(c2nc3nc(-c4ccccc4)cc(C(=O)O)c3s2)CCO1. The van der Waals surface area contributed by atoms with E-state index in [4.69, 9.17) is 4.74 Å². The monoisotopic (exact) mass is 369 g/mol. The van der Waals surface area contributed by atoms with Gasteiger partial charge in [0.1, 0.15) is 0 Å². The highest BCUT2D eigenvalue weighted by atomic mass is 32.1. The van der Waals surface area contributed by atoms with Crippen LogP contribution >= 0.6 is 11.3 Å². The second-order valence-electron chi connectivity index (χ2n) is 6.91. The molecule has 1 N–H and O–H groups in total. The zero-order valence-electron chi connectivity index (χ0n) is 14.6. The Kier molecular flexibility index (Phi) is 4.13. The number of carboxylic acids is 1. The number of rotatable bonds is 3. The van der Waals surface area contributed by atoms with Gasteiger partial charge in [0.2, 0.25) is 0 Å².